The van der Waals surface area contributed by atoms with Crippen molar-refractivity contribution in [3.63, 3.8) is 0 Å². The number of nitriles is 1. The van der Waals surface area contributed by atoms with Crippen molar-refractivity contribution >= 4 is 0 Å². The van der Waals surface area contributed by atoms with Crippen LogP contribution in [0.5, 0.6) is 0 Å². The second-order valence-electron chi connectivity index (χ2n) is 4.51. The van der Waals surface area contributed by atoms with Gasteiger partial charge in [0.25, 0.3) is 0 Å². The van der Waals surface area contributed by atoms with E-state index < -0.39 is 0 Å². The molecule has 1 heterocycles. The van der Waals surface area contributed by atoms with Crippen LogP contribution in [0, 0.1) is 22.7 Å². The SMILES string of the molecule is N#CC1(CC2CCC2)CCOCC1. The zero-order valence-corrected chi connectivity index (χ0v) is 8.09. The van der Waals surface area contributed by atoms with Gasteiger partial charge in [0.1, 0.15) is 0 Å². The highest BCUT2D eigenvalue weighted by Crippen LogP contribution is 2.42. The molecule has 13 heavy (non-hydrogen) atoms. The lowest BCUT2D eigenvalue weighted by Crippen LogP contribution is -2.32. The Morgan fingerprint density at radius 1 is 1.31 bits per heavy atom. The molecule has 0 aromatic carbocycles. The van der Waals surface area contributed by atoms with Crippen molar-refractivity contribution in [1.82, 2.24) is 0 Å². The van der Waals surface area contributed by atoms with Crippen LogP contribution in [0.25, 0.3) is 0 Å². The summed E-state index contributed by atoms with van der Waals surface area (Å²) >= 11 is 0. The van der Waals surface area contributed by atoms with E-state index in [1.165, 1.54) is 19.3 Å². The van der Waals surface area contributed by atoms with E-state index in [2.05, 4.69) is 6.07 Å². The zero-order valence-electron chi connectivity index (χ0n) is 8.09. The first-order valence-electron chi connectivity index (χ1n) is 5.34. The molecular formula is C11H17NO. The van der Waals surface area contributed by atoms with Crippen molar-refractivity contribution in [1.29, 1.82) is 5.26 Å². The monoisotopic (exact) mass is 179 g/mol. The van der Waals surface area contributed by atoms with Gasteiger partial charge in [0.15, 0.2) is 0 Å². The highest BCUT2D eigenvalue weighted by Gasteiger charge is 2.36. The van der Waals surface area contributed by atoms with E-state index >= 15 is 0 Å². The first kappa shape index (κ1) is 9.02. The smallest absolute Gasteiger partial charge is 0.0691 e. The van der Waals surface area contributed by atoms with Crippen LogP contribution < -0.4 is 0 Å². The molecule has 2 rings (SSSR count). The summed E-state index contributed by atoms with van der Waals surface area (Å²) in [6.45, 7) is 1.58. The van der Waals surface area contributed by atoms with Gasteiger partial charge in [-0.25, -0.2) is 0 Å². The Bertz CT molecular complexity index is 209. The van der Waals surface area contributed by atoms with Gasteiger partial charge in [-0.2, -0.15) is 5.26 Å². The van der Waals surface area contributed by atoms with Crippen molar-refractivity contribution in [2.45, 2.75) is 38.5 Å². The number of rotatable bonds is 2. The minimum absolute atomic E-state index is 0.0245. The molecule has 1 saturated carbocycles. The number of ether oxygens (including phenoxy) is 1. The molecule has 0 amide bonds. The highest BCUT2D eigenvalue weighted by molar-refractivity contribution is 5.01. The van der Waals surface area contributed by atoms with E-state index in [9.17, 15) is 5.26 Å². The van der Waals surface area contributed by atoms with Gasteiger partial charge in [0.2, 0.25) is 0 Å². The van der Waals surface area contributed by atoms with E-state index in [-0.39, 0.29) is 5.41 Å². The Kier molecular flexibility index (Phi) is 2.55. The summed E-state index contributed by atoms with van der Waals surface area (Å²) < 4.78 is 5.31. The molecule has 2 fully saturated rings. The van der Waals surface area contributed by atoms with Crippen LogP contribution in [-0.2, 0) is 4.74 Å². The Morgan fingerprint density at radius 2 is 2.00 bits per heavy atom. The van der Waals surface area contributed by atoms with Crippen LogP contribution in [0.2, 0.25) is 0 Å². The third-order valence-electron chi connectivity index (χ3n) is 3.59. The van der Waals surface area contributed by atoms with Gasteiger partial charge >= 0.3 is 0 Å². The fourth-order valence-corrected chi connectivity index (χ4v) is 2.37. The summed E-state index contributed by atoms with van der Waals surface area (Å²) in [6.07, 6.45) is 7.13. The van der Waals surface area contributed by atoms with E-state index in [4.69, 9.17) is 4.74 Å². The summed E-state index contributed by atoms with van der Waals surface area (Å²) in [5.41, 5.74) is -0.0245. The van der Waals surface area contributed by atoms with Gasteiger partial charge in [-0.1, -0.05) is 19.3 Å². The topological polar surface area (TPSA) is 33.0 Å². The van der Waals surface area contributed by atoms with Crippen LogP contribution in [0.3, 0.4) is 0 Å². The van der Waals surface area contributed by atoms with Crippen LogP contribution in [0.1, 0.15) is 38.5 Å². The quantitative estimate of drug-likeness (QED) is 0.652. The van der Waals surface area contributed by atoms with Gasteiger partial charge in [-0.3, -0.25) is 0 Å². The molecule has 0 aromatic heterocycles. The average molecular weight is 179 g/mol. The molecule has 72 valence electrons. The van der Waals surface area contributed by atoms with E-state index in [0.717, 1.165) is 38.4 Å². The van der Waals surface area contributed by atoms with Crippen LogP contribution in [0.15, 0.2) is 0 Å². The Labute approximate surface area is 79.9 Å². The third kappa shape index (κ3) is 1.86. The molecule has 2 heteroatoms. The molecule has 0 radical (unpaired) electrons. The predicted molar refractivity (Wildman–Crippen MR) is 50.1 cm³/mol. The summed E-state index contributed by atoms with van der Waals surface area (Å²) in [7, 11) is 0. The molecule has 2 aliphatic rings. The lowest BCUT2D eigenvalue weighted by atomic mass is 9.69. The third-order valence-corrected chi connectivity index (χ3v) is 3.59. The highest BCUT2D eigenvalue weighted by atomic mass is 16.5. The maximum atomic E-state index is 9.20. The van der Waals surface area contributed by atoms with Crippen LogP contribution >= 0.6 is 0 Å². The summed E-state index contributed by atoms with van der Waals surface area (Å²) in [5.74, 6) is 0.845. The average Bonchev–Trinajstić information content (AvgIpc) is 2.13. The van der Waals surface area contributed by atoms with E-state index in [1.807, 2.05) is 0 Å². The molecule has 1 saturated heterocycles. The maximum Gasteiger partial charge on any atom is 0.0691 e. The van der Waals surface area contributed by atoms with Gasteiger partial charge in [0, 0.05) is 13.2 Å². The fourth-order valence-electron chi connectivity index (χ4n) is 2.37. The van der Waals surface area contributed by atoms with Gasteiger partial charge in [0.05, 0.1) is 11.5 Å². The van der Waals surface area contributed by atoms with Gasteiger partial charge in [-0.05, 0) is 25.2 Å². The molecule has 0 bridgehead atoms. The van der Waals surface area contributed by atoms with E-state index in [0.29, 0.717) is 0 Å². The number of hydrogen-bond donors (Lipinski definition) is 0. The van der Waals surface area contributed by atoms with E-state index in [1.54, 1.807) is 0 Å². The number of nitrogens with zero attached hydrogens (tertiary/aromatic N) is 1. The van der Waals surface area contributed by atoms with Crippen molar-refractivity contribution in [2.24, 2.45) is 11.3 Å². The largest absolute Gasteiger partial charge is 0.381 e. The maximum absolute atomic E-state index is 9.20. The molecule has 0 atom stereocenters. The van der Waals surface area contributed by atoms with Crippen LogP contribution in [0.4, 0.5) is 0 Å². The molecule has 1 aliphatic heterocycles. The lowest BCUT2D eigenvalue weighted by molar-refractivity contribution is 0.0234. The minimum Gasteiger partial charge on any atom is -0.381 e. The molecule has 0 N–H and O–H groups in total. The molecule has 0 spiro atoms. The molecular weight excluding hydrogens is 162 g/mol. The van der Waals surface area contributed by atoms with Gasteiger partial charge in [-0.15, -0.1) is 0 Å². The van der Waals surface area contributed by atoms with Gasteiger partial charge < -0.3 is 4.74 Å². The Morgan fingerprint density at radius 3 is 2.46 bits per heavy atom. The standard InChI is InChI=1S/C11H17NO/c12-9-11(4-6-13-7-5-11)8-10-2-1-3-10/h10H,1-8H2. The summed E-state index contributed by atoms with van der Waals surface area (Å²) in [5, 5.41) is 9.20. The van der Waals surface area contributed by atoms with Crippen molar-refractivity contribution in [3.05, 3.63) is 0 Å². The molecule has 1 aliphatic carbocycles. The normalized spacial score (nSPS) is 27.6. The number of hydrogen-bond acceptors (Lipinski definition) is 2. The molecule has 0 unspecified atom stereocenters. The van der Waals surface area contributed by atoms with Crippen molar-refractivity contribution in [2.75, 3.05) is 13.2 Å². The molecule has 2 nitrogen and oxygen atoms in total. The summed E-state index contributed by atoms with van der Waals surface area (Å²) in [4.78, 5) is 0. The summed E-state index contributed by atoms with van der Waals surface area (Å²) in [6, 6.07) is 2.54. The second kappa shape index (κ2) is 3.67. The van der Waals surface area contributed by atoms with Crippen molar-refractivity contribution < 1.29 is 4.74 Å². The first-order chi connectivity index (χ1) is 6.35. The van der Waals surface area contributed by atoms with Crippen LogP contribution in [-0.4, -0.2) is 13.2 Å². The fraction of sp³-hybridized carbons (Fsp3) is 0.909. The zero-order chi connectivity index (χ0) is 9.15. The van der Waals surface area contributed by atoms with Crippen molar-refractivity contribution in [3.8, 4) is 6.07 Å². The molecule has 0 aromatic rings. The minimum atomic E-state index is -0.0245. The lowest BCUT2D eigenvalue weighted by Gasteiger charge is -2.37. The predicted octanol–water partition coefficient (Wildman–Crippen LogP) is 2.50. The second-order valence-corrected chi connectivity index (χ2v) is 4.51. The Balaban J connectivity index is 1.93. The first-order valence-corrected chi connectivity index (χ1v) is 5.34. The Hall–Kier alpha value is -0.550.